The van der Waals surface area contributed by atoms with E-state index in [1.807, 2.05) is 6.92 Å². The number of aliphatic carboxylic acids is 1. The van der Waals surface area contributed by atoms with E-state index in [1.54, 1.807) is 17.8 Å². The zero-order valence-corrected chi connectivity index (χ0v) is 14.9. The van der Waals surface area contributed by atoms with E-state index in [4.69, 9.17) is 37.8 Å². The van der Waals surface area contributed by atoms with E-state index in [2.05, 4.69) is 11.7 Å². The van der Waals surface area contributed by atoms with Crippen LogP contribution in [0.3, 0.4) is 0 Å². The molecule has 0 radical (unpaired) electrons. The maximum absolute atomic E-state index is 10.9. The maximum atomic E-state index is 10.9. The first-order valence-electron chi connectivity index (χ1n) is 6.97. The number of carboxylic acids is 1. The molecule has 0 spiro atoms. The molecule has 2 aromatic rings. The average Bonchev–Trinajstić information content (AvgIpc) is 2.77. The molecule has 1 heterocycles. The minimum absolute atomic E-state index is 0.157. The van der Waals surface area contributed by atoms with E-state index in [9.17, 15) is 4.79 Å². The smallest absolute Gasteiger partial charge is 0.344 e. The SMILES string of the molecule is C=Cc1c(C)nn(C)c1Oc1cc(OC(C)C(=O)O)c(Cl)cc1Cl. The first kappa shape index (κ1) is 18.2. The molecule has 1 aromatic heterocycles. The van der Waals surface area contributed by atoms with Gasteiger partial charge in [0, 0.05) is 13.1 Å². The molecule has 0 bridgehead atoms. The number of nitrogens with zero attached hydrogens (tertiary/aromatic N) is 2. The first-order chi connectivity index (χ1) is 11.2. The molecule has 1 atom stereocenters. The molecule has 0 aliphatic rings. The molecule has 0 amide bonds. The highest BCUT2D eigenvalue weighted by Crippen LogP contribution is 2.39. The fraction of sp³-hybridized carbons (Fsp3) is 0.250. The summed E-state index contributed by atoms with van der Waals surface area (Å²) in [5.74, 6) is -0.242. The normalized spacial score (nSPS) is 11.9. The third-order valence-corrected chi connectivity index (χ3v) is 3.85. The molecule has 1 N–H and O–H groups in total. The van der Waals surface area contributed by atoms with Crippen LogP contribution in [0.2, 0.25) is 10.0 Å². The summed E-state index contributed by atoms with van der Waals surface area (Å²) in [4.78, 5) is 10.9. The van der Waals surface area contributed by atoms with Gasteiger partial charge in [0.1, 0.15) is 5.75 Å². The standard InChI is InChI=1S/C16H16Cl2N2O4/c1-5-10-8(2)19-20(4)15(10)24-14-7-13(11(17)6-12(14)18)23-9(3)16(21)22/h5-7,9H,1H2,2-4H3,(H,21,22). The van der Waals surface area contributed by atoms with Gasteiger partial charge < -0.3 is 14.6 Å². The predicted molar refractivity (Wildman–Crippen MR) is 92.3 cm³/mol. The van der Waals surface area contributed by atoms with Gasteiger partial charge in [-0.05, 0) is 19.9 Å². The Bertz CT molecular complexity index is 802. The highest BCUT2D eigenvalue weighted by molar-refractivity contribution is 6.36. The third-order valence-electron chi connectivity index (χ3n) is 3.26. The lowest BCUT2D eigenvalue weighted by Crippen LogP contribution is -2.23. The zero-order valence-electron chi connectivity index (χ0n) is 13.3. The Balaban J connectivity index is 2.41. The van der Waals surface area contributed by atoms with Gasteiger partial charge in [0.05, 0.1) is 21.3 Å². The molecule has 0 aliphatic heterocycles. The second-order valence-electron chi connectivity index (χ2n) is 5.05. The van der Waals surface area contributed by atoms with Crippen LogP contribution in [0, 0.1) is 6.92 Å². The minimum atomic E-state index is -1.11. The quantitative estimate of drug-likeness (QED) is 0.819. The van der Waals surface area contributed by atoms with Crippen molar-refractivity contribution >= 4 is 35.2 Å². The maximum Gasteiger partial charge on any atom is 0.344 e. The molecule has 128 valence electrons. The average molecular weight is 371 g/mol. The zero-order chi connectivity index (χ0) is 18.0. The van der Waals surface area contributed by atoms with Gasteiger partial charge in [-0.3, -0.25) is 0 Å². The minimum Gasteiger partial charge on any atom is -0.479 e. The third kappa shape index (κ3) is 3.66. The lowest BCUT2D eigenvalue weighted by Gasteiger charge is -2.15. The molecule has 2 rings (SSSR count). The number of benzene rings is 1. The number of rotatable bonds is 6. The summed E-state index contributed by atoms with van der Waals surface area (Å²) in [7, 11) is 1.73. The summed E-state index contributed by atoms with van der Waals surface area (Å²) in [6.07, 6.45) is 0.560. The molecule has 1 aromatic carbocycles. The second kappa shape index (κ2) is 7.15. The van der Waals surface area contributed by atoms with Crippen LogP contribution >= 0.6 is 23.2 Å². The van der Waals surface area contributed by atoms with Gasteiger partial charge in [-0.2, -0.15) is 5.10 Å². The van der Waals surface area contributed by atoms with Crippen molar-refractivity contribution in [3.05, 3.63) is 40.0 Å². The van der Waals surface area contributed by atoms with E-state index in [-0.39, 0.29) is 21.5 Å². The van der Waals surface area contributed by atoms with Crippen LogP contribution in [0.5, 0.6) is 17.4 Å². The second-order valence-corrected chi connectivity index (χ2v) is 5.86. The van der Waals surface area contributed by atoms with Crippen molar-refractivity contribution in [3.8, 4) is 17.4 Å². The Kier molecular flexibility index (Phi) is 5.41. The number of ether oxygens (including phenoxy) is 2. The van der Waals surface area contributed by atoms with Gasteiger partial charge in [0.15, 0.2) is 11.9 Å². The van der Waals surface area contributed by atoms with E-state index >= 15 is 0 Å². The summed E-state index contributed by atoms with van der Waals surface area (Å²) >= 11 is 12.2. The highest BCUT2D eigenvalue weighted by Gasteiger charge is 2.19. The van der Waals surface area contributed by atoms with Crippen molar-refractivity contribution < 1.29 is 19.4 Å². The van der Waals surface area contributed by atoms with Crippen LogP contribution in [-0.2, 0) is 11.8 Å². The van der Waals surface area contributed by atoms with Crippen LogP contribution in [0.25, 0.3) is 6.08 Å². The molecule has 1 unspecified atom stereocenters. The van der Waals surface area contributed by atoms with Crippen molar-refractivity contribution in [1.82, 2.24) is 9.78 Å². The molecular weight excluding hydrogens is 355 g/mol. The van der Waals surface area contributed by atoms with Crippen molar-refractivity contribution in [2.75, 3.05) is 0 Å². The topological polar surface area (TPSA) is 73.6 Å². The van der Waals surface area contributed by atoms with Crippen LogP contribution in [0.1, 0.15) is 18.2 Å². The largest absolute Gasteiger partial charge is 0.479 e. The first-order valence-corrected chi connectivity index (χ1v) is 7.72. The number of aryl methyl sites for hydroxylation is 2. The predicted octanol–water partition coefficient (Wildman–Crippen LogP) is 4.32. The Labute approximate surface area is 149 Å². The molecule has 8 heteroatoms. The van der Waals surface area contributed by atoms with Gasteiger partial charge >= 0.3 is 5.97 Å². The summed E-state index contributed by atoms with van der Waals surface area (Å²) in [5, 5.41) is 13.7. The fourth-order valence-electron chi connectivity index (χ4n) is 2.03. The van der Waals surface area contributed by atoms with E-state index < -0.39 is 12.1 Å². The van der Waals surface area contributed by atoms with Crippen molar-refractivity contribution in [1.29, 1.82) is 0 Å². The Morgan fingerprint density at radius 2 is 2.00 bits per heavy atom. The lowest BCUT2D eigenvalue weighted by atomic mass is 10.2. The molecule has 0 saturated heterocycles. The van der Waals surface area contributed by atoms with Crippen LogP contribution in [0.15, 0.2) is 18.7 Å². The Morgan fingerprint density at radius 3 is 2.58 bits per heavy atom. The van der Waals surface area contributed by atoms with Gasteiger partial charge in [-0.25, -0.2) is 9.48 Å². The summed E-state index contributed by atoms with van der Waals surface area (Å²) < 4.78 is 12.7. The summed E-state index contributed by atoms with van der Waals surface area (Å²) in [6, 6.07) is 2.87. The van der Waals surface area contributed by atoms with Gasteiger partial charge in [0.2, 0.25) is 5.88 Å². The number of aromatic nitrogens is 2. The van der Waals surface area contributed by atoms with Gasteiger partial charge in [0.25, 0.3) is 0 Å². The number of carboxylic acid groups (broad SMARTS) is 1. The van der Waals surface area contributed by atoms with Gasteiger partial charge in [-0.15, -0.1) is 0 Å². The van der Waals surface area contributed by atoms with Crippen LogP contribution in [0.4, 0.5) is 0 Å². The fourth-order valence-corrected chi connectivity index (χ4v) is 2.50. The van der Waals surface area contributed by atoms with E-state index in [0.29, 0.717) is 5.88 Å². The van der Waals surface area contributed by atoms with E-state index in [1.165, 1.54) is 19.1 Å². The molecule has 0 fully saturated rings. The Morgan fingerprint density at radius 1 is 1.38 bits per heavy atom. The molecule has 24 heavy (non-hydrogen) atoms. The number of carbonyl (C=O) groups is 1. The van der Waals surface area contributed by atoms with Gasteiger partial charge in [-0.1, -0.05) is 35.9 Å². The van der Waals surface area contributed by atoms with Crippen molar-refractivity contribution in [3.63, 3.8) is 0 Å². The summed E-state index contributed by atoms with van der Waals surface area (Å²) in [6.45, 7) is 6.97. The van der Waals surface area contributed by atoms with E-state index in [0.717, 1.165) is 11.3 Å². The number of hydrogen-bond acceptors (Lipinski definition) is 4. The number of halogens is 2. The lowest BCUT2D eigenvalue weighted by molar-refractivity contribution is -0.144. The summed E-state index contributed by atoms with van der Waals surface area (Å²) in [5.41, 5.74) is 1.48. The van der Waals surface area contributed by atoms with Crippen LogP contribution < -0.4 is 9.47 Å². The Hall–Kier alpha value is -2.18. The van der Waals surface area contributed by atoms with Crippen molar-refractivity contribution in [2.45, 2.75) is 20.0 Å². The molecular formula is C16H16Cl2N2O4. The molecule has 6 nitrogen and oxygen atoms in total. The molecule has 0 saturated carbocycles. The number of hydrogen-bond donors (Lipinski definition) is 1. The highest BCUT2D eigenvalue weighted by atomic mass is 35.5. The molecule has 0 aliphatic carbocycles. The monoisotopic (exact) mass is 370 g/mol. The van der Waals surface area contributed by atoms with Crippen molar-refractivity contribution in [2.24, 2.45) is 7.05 Å². The van der Waals surface area contributed by atoms with Crippen LogP contribution in [-0.4, -0.2) is 27.0 Å².